The Bertz CT molecular complexity index is 1110. The van der Waals surface area contributed by atoms with Gasteiger partial charge in [-0.15, -0.1) is 0 Å². The molecule has 0 unspecified atom stereocenters. The molecule has 7 nitrogen and oxygen atoms in total. The summed E-state index contributed by atoms with van der Waals surface area (Å²) in [5, 5.41) is 7.42. The van der Waals surface area contributed by atoms with E-state index in [1.54, 1.807) is 19.9 Å². The number of anilines is 1. The zero-order valence-electron chi connectivity index (χ0n) is 15.8. The fraction of sp³-hybridized carbons (Fsp3) is 0.238. The van der Waals surface area contributed by atoms with E-state index in [1.165, 1.54) is 10.8 Å². The summed E-state index contributed by atoms with van der Waals surface area (Å²) in [4.78, 5) is 31.7. The number of rotatable bonds is 5. The molecule has 142 valence electrons. The number of carbonyl (C=O) groups is 1. The Morgan fingerprint density at radius 2 is 2.00 bits per heavy atom. The maximum atomic E-state index is 12.4. The monoisotopic (exact) mass is 375 g/mol. The number of H-pyrrole nitrogens is 1. The Balaban J connectivity index is 1.64. The lowest BCUT2D eigenvalue weighted by Crippen LogP contribution is -2.20. The molecule has 1 amide bonds. The van der Waals surface area contributed by atoms with E-state index in [9.17, 15) is 9.59 Å². The molecule has 28 heavy (non-hydrogen) atoms. The van der Waals surface area contributed by atoms with Crippen molar-refractivity contribution in [2.24, 2.45) is 0 Å². The summed E-state index contributed by atoms with van der Waals surface area (Å²) >= 11 is 0. The van der Waals surface area contributed by atoms with Crippen molar-refractivity contribution in [2.75, 3.05) is 5.32 Å². The second-order valence-electron chi connectivity index (χ2n) is 6.97. The van der Waals surface area contributed by atoms with Gasteiger partial charge < -0.3 is 5.32 Å². The van der Waals surface area contributed by atoms with Gasteiger partial charge in [-0.1, -0.05) is 30.3 Å². The first-order chi connectivity index (χ1) is 13.5. The van der Waals surface area contributed by atoms with E-state index in [-0.39, 0.29) is 11.5 Å². The molecule has 1 aromatic carbocycles. The van der Waals surface area contributed by atoms with Crippen LogP contribution in [-0.2, 0) is 4.79 Å². The van der Waals surface area contributed by atoms with Gasteiger partial charge in [-0.25, -0.2) is 4.98 Å². The number of amides is 1. The van der Waals surface area contributed by atoms with Crippen LogP contribution in [0, 0.1) is 13.8 Å². The molecule has 1 fully saturated rings. The second kappa shape index (κ2) is 7.26. The van der Waals surface area contributed by atoms with Crippen LogP contribution < -0.4 is 10.9 Å². The average molecular weight is 375 g/mol. The van der Waals surface area contributed by atoms with E-state index in [1.807, 2.05) is 36.4 Å². The SMILES string of the molecule is Cc1nc(-n2nc(C3CC3)cc2NC(=O)C=Cc2ccccc2)[nH]c(=O)c1C. The van der Waals surface area contributed by atoms with Crippen molar-refractivity contribution in [1.82, 2.24) is 19.7 Å². The molecule has 0 bridgehead atoms. The van der Waals surface area contributed by atoms with Crippen molar-refractivity contribution < 1.29 is 4.79 Å². The fourth-order valence-electron chi connectivity index (χ4n) is 2.86. The van der Waals surface area contributed by atoms with Crippen LogP contribution in [-0.4, -0.2) is 25.7 Å². The molecule has 0 spiro atoms. The molecular weight excluding hydrogens is 354 g/mol. The standard InChI is InChI=1S/C21H21N5O2/c1-13-14(2)22-21(24-20(13)28)26-18(12-17(25-26)16-9-10-16)23-19(27)11-8-15-6-4-3-5-7-15/h3-8,11-12,16H,9-10H2,1-2H3,(H,23,27)(H,22,24,28). The molecule has 0 radical (unpaired) electrons. The van der Waals surface area contributed by atoms with Crippen LogP contribution in [0.5, 0.6) is 0 Å². The number of aromatic amines is 1. The third kappa shape index (κ3) is 3.78. The Morgan fingerprint density at radius 3 is 2.68 bits per heavy atom. The lowest BCUT2D eigenvalue weighted by atomic mass is 10.2. The number of nitrogens with zero attached hydrogens (tertiary/aromatic N) is 3. The maximum Gasteiger partial charge on any atom is 0.255 e. The van der Waals surface area contributed by atoms with Gasteiger partial charge in [-0.3, -0.25) is 14.6 Å². The zero-order valence-corrected chi connectivity index (χ0v) is 15.8. The van der Waals surface area contributed by atoms with Crippen LogP contribution in [0.4, 0.5) is 5.82 Å². The summed E-state index contributed by atoms with van der Waals surface area (Å²) in [5.41, 5.74) is 2.80. The van der Waals surface area contributed by atoms with Crippen molar-refractivity contribution in [3.63, 3.8) is 0 Å². The minimum atomic E-state index is -0.279. The number of carbonyl (C=O) groups excluding carboxylic acids is 1. The van der Waals surface area contributed by atoms with Crippen LogP contribution in [0.25, 0.3) is 12.0 Å². The summed E-state index contributed by atoms with van der Waals surface area (Å²) in [6, 6.07) is 11.4. The molecule has 4 rings (SSSR count). The minimum absolute atomic E-state index is 0.216. The zero-order chi connectivity index (χ0) is 19.7. The molecule has 0 saturated heterocycles. The Hall–Kier alpha value is -3.48. The molecule has 0 atom stereocenters. The topological polar surface area (TPSA) is 92.7 Å². The van der Waals surface area contributed by atoms with E-state index >= 15 is 0 Å². The van der Waals surface area contributed by atoms with Gasteiger partial charge in [0, 0.05) is 29.3 Å². The number of aromatic nitrogens is 4. The molecule has 1 aliphatic rings. The number of benzene rings is 1. The fourth-order valence-corrected chi connectivity index (χ4v) is 2.86. The first-order valence-electron chi connectivity index (χ1n) is 9.23. The highest BCUT2D eigenvalue weighted by Crippen LogP contribution is 2.40. The van der Waals surface area contributed by atoms with Crippen LogP contribution in [0.15, 0.2) is 47.3 Å². The van der Waals surface area contributed by atoms with Gasteiger partial charge in [0.1, 0.15) is 5.82 Å². The summed E-state index contributed by atoms with van der Waals surface area (Å²) in [5.74, 6) is 0.895. The highest BCUT2D eigenvalue weighted by Gasteiger charge is 2.28. The highest BCUT2D eigenvalue weighted by molar-refractivity contribution is 6.01. The number of hydrogen-bond donors (Lipinski definition) is 2. The van der Waals surface area contributed by atoms with Gasteiger partial charge in [0.25, 0.3) is 5.56 Å². The smallest absolute Gasteiger partial charge is 0.255 e. The Labute approximate surface area is 162 Å². The van der Waals surface area contributed by atoms with Crippen molar-refractivity contribution in [3.05, 3.63) is 75.3 Å². The third-order valence-electron chi connectivity index (χ3n) is 4.78. The van der Waals surface area contributed by atoms with Crippen LogP contribution >= 0.6 is 0 Å². The van der Waals surface area contributed by atoms with Crippen molar-refractivity contribution in [1.29, 1.82) is 0 Å². The van der Waals surface area contributed by atoms with Gasteiger partial charge in [-0.05, 0) is 38.3 Å². The van der Waals surface area contributed by atoms with Crippen molar-refractivity contribution >= 4 is 17.8 Å². The first-order valence-corrected chi connectivity index (χ1v) is 9.23. The van der Waals surface area contributed by atoms with Crippen LogP contribution in [0.2, 0.25) is 0 Å². The Kier molecular flexibility index (Phi) is 4.65. The van der Waals surface area contributed by atoms with E-state index < -0.39 is 0 Å². The normalized spacial score (nSPS) is 13.8. The van der Waals surface area contributed by atoms with E-state index in [2.05, 4.69) is 20.4 Å². The van der Waals surface area contributed by atoms with Gasteiger partial charge in [0.05, 0.1) is 5.69 Å². The van der Waals surface area contributed by atoms with E-state index in [0.717, 1.165) is 24.1 Å². The molecule has 1 saturated carbocycles. The summed E-state index contributed by atoms with van der Waals surface area (Å²) in [6.07, 6.45) is 5.37. The van der Waals surface area contributed by atoms with Crippen LogP contribution in [0.1, 0.15) is 41.3 Å². The molecular formula is C21H21N5O2. The lowest BCUT2D eigenvalue weighted by Gasteiger charge is -2.08. The summed E-state index contributed by atoms with van der Waals surface area (Å²) in [6.45, 7) is 3.50. The minimum Gasteiger partial charge on any atom is -0.307 e. The quantitative estimate of drug-likeness (QED) is 0.670. The molecule has 7 heteroatoms. The van der Waals surface area contributed by atoms with Gasteiger partial charge >= 0.3 is 0 Å². The average Bonchev–Trinajstić information content (AvgIpc) is 3.46. The van der Waals surface area contributed by atoms with Gasteiger partial charge in [-0.2, -0.15) is 9.78 Å². The van der Waals surface area contributed by atoms with Crippen molar-refractivity contribution in [2.45, 2.75) is 32.6 Å². The summed E-state index contributed by atoms with van der Waals surface area (Å²) in [7, 11) is 0. The first kappa shape index (κ1) is 17.9. The summed E-state index contributed by atoms with van der Waals surface area (Å²) < 4.78 is 1.50. The predicted octanol–water partition coefficient (Wildman–Crippen LogP) is 3.10. The van der Waals surface area contributed by atoms with E-state index in [0.29, 0.717) is 28.9 Å². The van der Waals surface area contributed by atoms with E-state index in [4.69, 9.17) is 0 Å². The van der Waals surface area contributed by atoms with Crippen molar-refractivity contribution in [3.8, 4) is 5.95 Å². The molecule has 2 heterocycles. The largest absolute Gasteiger partial charge is 0.307 e. The second-order valence-corrected chi connectivity index (χ2v) is 6.97. The van der Waals surface area contributed by atoms with Gasteiger partial charge in [0.2, 0.25) is 11.9 Å². The Morgan fingerprint density at radius 1 is 1.25 bits per heavy atom. The third-order valence-corrected chi connectivity index (χ3v) is 4.78. The molecule has 1 aliphatic carbocycles. The highest BCUT2D eigenvalue weighted by atomic mass is 16.1. The number of nitrogens with one attached hydrogen (secondary N) is 2. The van der Waals surface area contributed by atoms with Gasteiger partial charge in [0.15, 0.2) is 0 Å². The number of aryl methyl sites for hydroxylation is 1. The number of hydrogen-bond acceptors (Lipinski definition) is 4. The molecule has 3 aromatic rings. The van der Waals surface area contributed by atoms with Crippen LogP contribution in [0.3, 0.4) is 0 Å². The molecule has 2 aromatic heterocycles. The maximum absolute atomic E-state index is 12.4. The lowest BCUT2D eigenvalue weighted by molar-refractivity contribution is -0.111. The molecule has 2 N–H and O–H groups in total. The predicted molar refractivity (Wildman–Crippen MR) is 108 cm³/mol. The molecule has 0 aliphatic heterocycles.